The van der Waals surface area contributed by atoms with Crippen LogP contribution in [0.25, 0.3) is 0 Å². The average molecular weight is 309 g/mol. The molecule has 1 atom stereocenters. The zero-order valence-corrected chi connectivity index (χ0v) is 13.2. The summed E-state index contributed by atoms with van der Waals surface area (Å²) in [6.45, 7) is 6.00. The Hall–Kier alpha value is -1.77. The van der Waals surface area contributed by atoms with Crippen LogP contribution in [-0.4, -0.2) is 30.4 Å². The van der Waals surface area contributed by atoms with E-state index in [0.717, 1.165) is 6.54 Å². The van der Waals surface area contributed by atoms with Crippen LogP contribution in [0.5, 0.6) is 0 Å². The van der Waals surface area contributed by atoms with Gasteiger partial charge in [0.15, 0.2) is 0 Å². The highest BCUT2D eigenvalue weighted by Gasteiger charge is 2.10. The molecule has 0 saturated heterocycles. The van der Waals surface area contributed by atoms with Crippen molar-refractivity contribution in [1.29, 1.82) is 5.26 Å². The van der Waals surface area contributed by atoms with E-state index in [4.69, 9.17) is 22.6 Å². The molecule has 1 amide bonds. The number of nitrogens with one attached hydrogen (secondary N) is 1. The topological polar surface area (TPSA) is 82.2 Å². The minimum atomic E-state index is -0.0835. The first kappa shape index (κ1) is 17.3. The van der Waals surface area contributed by atoms with Gasteiger partial charge in [-0.25, -0.2) is 0 Å². The zero-order valence-electron chi connectivity index (χ0n) is 12.4. The molecule has 0 aromatic heterocycles. The molecule has 0 bridgehead atoms. The molecule has 0 aliphatic heterocycles. The summed E-state index contributed by atoms with van der Waals surface area (Å²) in [6.07, 6.45) is 0.370. The van der Waals surface area contributed by atoms with Crippen molar-refractivity contribution >= 4 is 28.9 Å². The molecule has 0 fully saturated rings. The number of amides is 1. The minimum absolute atomic E-state index is 0.0379. The predicted molar refractivity (Wildman–Crippen MR) is 86.0 cm³/mol. The van der Waals surface area contributed by atoms with Gasteiger partial charge in [0, 0.05) is 25.2 Å². The molecule has 0 aliphatic rings. The van der Waals surface area contributed by atoms with Gasteiger partial charge in [-0.15, -0.1) is 0 Å². The van der Waals surface area contributed by atoms with E-state index in [1.807, 2.05) is 13.8 Å². The first-order valence-electron chi connectivity index (χ1n) is 6.93. The number of hydrogen-bond donors (Lipinski definition) is 2. The van der Waals surface area contributed by atoms with Gasteiger partial charge in [0.25, 0.3) is 0 Å². The number of nitrogen functional groups attached to an aromatic ring is 1. The standard InChI is InChI=1S/C15H21ClN4O/c1-3-20(10-11(2)9-17)7-6-15(21)19-12-4-5-13(16)14(18)8-12/h4-5,8,11H,3,6-7,10,18H2,1-2H3,(H,19,21). The lowest BCUT2D eigenvalue weighted by Crippen LogP contribution is -2.31. The summed E-state index contributed by atoms with van der Waals surface area (Å²) in [5, 5.41) is 12.1. The average Bonchev–Trinajstić information content (AvgIpc) is 2.47. The van der Waals surface area contributed by atoms with Crippen LogP contribution >= 0.6 is 11.6 Å². The molecule has 1 aromatic carbocycles. The number of halogens is 1. The van der Waals surface area contributed by atoms with Gasteiger partial charge in [-0.3, -0.25) is 4.79 Å². The maximum Gasteiger partial charge on any atom is 0.225 e. The second kappa shape index (κ2) is 8.50. The summed E-state index contributed by atoms with van der Waals surface area (Å²) < 4.78 is 0. The first-order chi connectivity index (χ1) is 9.96. The Labute approximate surface area is 130 Å². The Morgan fingerprint density at radius 1 is 1.57 bits per heavy atom. The van der Waals surface area contributed by atoms with Crippen molar-refractivity contribution in [2.45, 2.75) is 20.3 Å². The third-order valence-corrected chi connectivity index (χ3v) is 3.48. The van der Waals surface area contributed by atoms with Gasteiger partial charge < -0.3 is 16.0 Å². The third kappa shape index (κ3) is 6.03. The summed E-state index contributed by atoms with van der Waals surface area (Å²) in [5.41, 5.74) is 6.76. The molecule has 0 radical (unpaired) electrons. The molecule has 1 unspecified atom stereocenters. The molecule has 114 valence electrons. The van der Waals surface area contributed by atoms with Crippen LogP contribution in [0, 0.1) is 17.2 Å². The Kier molecular flexibility index (Phi) is 7.00. The van der Waals surface area contributed by atoms with E-state index in [1.165, 1.54) is 0 Å². The number of anilines is 2. The quantitative estimate of drug-likeness (QED) is 0.759. The van der Waals surface area contributed by atoms with Gasteiger partial charge in [-0.1, -0.05) is 18.5 Å². The van der Waals surface area contributed by atoms with Gasteiger partial charge in [-0.2, -0.15) is 5.26 Å². The molecule has 0 spiro atoms. The summed E-state index contributed by atoms with van der Waals surface area (Å²) in [7, 11) is 0. The number of carbonyl (C=O) groups excluding carboxylic acids is 1. The van der Waals surface area contributed by atoms with Crippen LogP contribution in [-0.2, 0) is 4.79 Å². The summed E-state index contributed by atoms with van der Waals surface area (Å²) in [6, 6.07) is 7.20. The molecule has 21 heavy (non-hydrogen) atoms. The Morgan fingerprint density at radius 3 is 2.86 bits per heavy atom. The van der Waals surface area contributed by atoms with Gasteiger partial charge in [0.2, 0.25) is 5.91 Å². The zero-order chi connectivity index (χ0) is 15.8. The predicted octanol–water partition coefficient (Wildman–Crippen LogP) is 2.73. The number of benzene rings is 1. The smallest absolute Gasteiger partial charge is 0.225 e. The van der Waals surface area contributed by atoms with E-state index in [0.29, 0.717) is 35.9 Å². The lowest BCUT2D eigenvalue weighted by Gasteiger charge is -2.21. The highest BCUT2D eigenvalue weighted by molar-refractivity contribution is 6.33. The number of hydrogen-bond acceptors (Lipinski definition) is 4. The number of nitrogens with two attached hydrogens (primary N) is 1. The highest BCUT2D eigenvalue weighted by atomic mass is 35.5. The molecule has 3 N–H and O–H groups in total. The number of nitriles is 1. The molecule has 0 heterocycles. The van der Waals surface area contributed by atoms with Crippen LogP contribution in [0.4, 0.5) is 11.4 Å². The molecular formula is C15H21ClN4O. The van der Waals surface area contributed by atoms with Crippen LogP contribution in [0.3, 0.4) is 0 Å². The number of rotatable bonds is 7. The van der Waals surface area contributed by atoms with E-state index in [9.17, 15) is 4.79 Å². The van der Waals surface area contributed by atoms with Gasteiger partial charge in [0.1, 0.15) is 0 Å². The van der Waals surface area contributed by atoms with Crippen molar-refractivity contribution < 1.29 is 4.79 Å². The lowest BCUT2D eigenvalue weighted by molar-refractivity contribution is -0.116. The lowest BCUT2D eigenvalue weighted by atomic mass is 10.2. The van der Waals surface area contributed by atoms with E-state index in [2.05, 4.69) is 16.3 Å². The number of carbonyl (C=O) groups is 1. The van der Waals surface area contributed by atoms with Gasteiger partial charge in [-0.05, 0) is 31.7 Å². The second-order valence-corrected chi connectivity index (χ2v) is 5.37. The van der Waals surface area contributed by atoms with Crippen LogP contribution in [0.1, 0.15) is 20.3 Å². The van der Waals surface area contributed by atoms with Crippen molar-refractivity contribution in [3.63, 3.8) is 0 Å². The molecule has 1 rings (SSSR count). The normalized spacial score (nSPS) is 12.0. The Balaban J connectivity index is 2.46. The minimum Gasteiger partial charge on any atom is -0.397 e. The molecule has 0 aliphatic carbocycles. The van der Waals surface area contributed by atoms with Crippen molar-refractivity contribution in [2.24, 2.45) is 5.92 Å². The third-order valence-electron chi connectivity index (χ3n) is 3.13. The van der Waals surface area contributed by atoms with Gasteiger partial charge in [0.05, 0.1) is 22.7 Å². The fraction of sp³-hybridized carbons (Fsp3) is 0.467. The summed E-state index contributed by atoms with van der Waals surface area (Å²) in [4.78, 5) is 14.0. The maximum atomic E-state index is 11.9. The summed E-state index contributed by atoms with van der Waals surface area (Å²) in [5.74, 6) is -0.121. The second-order valence-electron chi connectivity index (χ2n) is 4.96. The van der Waals surface area contributed by atoms with E-state index in [-0.39, 0.29) is 11.8 Å². The molecular weight excluding hydrogens is 288 g/mol. The van der Waals surface area contributed by atoms with Crippen molar-refractivity contribution in [3.05, 3.63) is 23.2 Å². The van der Waals surface area contributed by atoms with Crippen LogP contribution < -0.4 is 11.1 Å². The highest BCUT2D eigenvalue weighted by Crippen LogP contribution is 2.22. The van der Waals surface area contributed by atoms with Crippen molar-refractivity contribution in [3.8, 4) is 6.07 Å². The Morgan fingerprint density at radius 2 is 2.29 bits per heavy atom. The van der Waals surface area contributed by atoms with Crippen molar-refractivity contribution in [1.82, 2.24) is 4.90 Å². The SMILES string of the molecule is CCN(CCC(=O)Nc1ccc(Cl)c(N)c1)CC(C)C#N. The fourth-order valence-electron chi connectivity index (χ4n) is 1.91. The number of nitrogens with zero attached hydrogens (tertiary/aromatic N) is 2. The molecule has 1 aromatic rings. The largest absolute Gasteiger partial charge is 0.397 e. The molecule has 0 saturated carbocycles. The first-order valence-corrected chi connectivity index (χ1v) is 7.31. The maximum absolute atomic E-state index is 11.9. The summed E-state index contributed by atoms with van der Waals surface area (Å²) >= 11 is 5.83. The monoisotopic (exact) mass is 308 g/mol. The fourth-order valence-corrected chi connectivity index (χ4v) is 2.03. The van der Waals surface area contributed by atoms with Gasteiger partial charge >= 0.3 is 0 Å². The molecule has 6 heteroatoms. The van der Waals surface area contributed by atoms with E-state index >= 15 is 0 Å². The van der Waals surface area contributed by atoms with E-state index in [1.54, 1.807) is 18.2 Å². The molecule has 5 nitrogen and oxygen atoms in total. The van der Waals surface area contributed by atoms with Crippen molar-refractivity contribution in [2.75, 3.05) is 30.7 Å². The van der Waals surface area contributed by atoms with E-state index < -0.39 is 0 Å². The van der Waals surface area contributed by atoms with Crippen LogP contribution in [0.15, 0.2) is 18.2 Å². The Bertz CT molecular complexity index is 527. The van der Waals surface area contributed by atoms with Crippen LogP contribution in [0.2, 0.25) is 5.02 Å².